The van der Waals surface area contributed by atoms with Crippen LogP contribution in [0.5, 0.6) is 5.75 Å². The molecular weight excluding hydrogens is 525 g/mol. The molecule has 2 aromatic rings. The summed E-state index contributed by atoms with van der Waals surface area (Å²) < 4.78 is 42.5. The van der Waals surface area contributed by atoms with E-state index < -0.39 is 30.5 Å². The third kappa shape index (κ3) is 7.60. The second-order valence-electron chi connectivity index (χ2n) is 8.01. The fourth-order valence-corrected chi connectivity index (χ4v) is 4.91. The first-order valence-corrected chi connectivity index (χ1v) is 12.2. The number of carbonyl (C=O) groups excluding carboxylic acids is 2. The SMILES string of the molecule is NC(=O)C1NC2C=CC=CC2S1.NCc1cccc(N(CC(=O)O)C(=O)c2ccccc2)c1OC(F)(F)F. The molecule has 1 fully saturated rings. The van der Waals surface area contributed by atoms with Crippen LogP contribution in [0.2, 0.25) is 0 Å². The Labute approximate surface area is 220 Å². The molecule has 0 saturated carbocycles. The van der Waals surface area contributed by atoms with E-state index >= 15 is 0 Å². The van der Waals surface area contributed by atoms with Gasteiger partial charge in [0.05, 0.1) is 5.69 Å². The van der Waals surface area contributed by atoms with E-state index in [1.54, 1.807) is 30.0 Å². The van der Waals surface area contributed by atoms with Crippen LogP contribution in [0, 0.1) is 0 Å². The first-order valence-electron chi connectivity index (χ1n) is 11.2. The molecule has 0 radical (unpaired) electrons. The lowest BCUT2D eigenvalue weighted by molar-refractivity contribution is -0.274. The van der Waals surface area contributed by atoms with Gasteiger partial charge in [0.25, 0.3) is 5.91 Å². The molecule has 1 saturated heterocycles. The number of hydrogen-bond donors (Lipinski definition) is 4. The number of amides is 2. The lowest BCUT2D eigenvalue weighted by Gasteiger charge is -2.25. The number of thioether (sulfide) groups is 1. The summed E-state index contributed by atoms with van der Waals surface area (Å²) in [5.74, 6) is -3.16. The summed E-state index contributed by atoms with van der Waals surface area (Å²) in [6.07, 6.45) is 3.09. The number of aliphatic carboxylic acids is 1. The van der Waals surface area contributed by atoms with E-state index in [9.17, 15) is 27.6 Å². The molecule has 6 N–H and O–H groups in total. The van der Waals surface area contributed by atoms with Gasteiger partial charge >= 0.3 is 12.3 Å². The number of nitrogens with two attached hydrogens (primary N) is 2. The van der Waals surface area contributed by atoms with Gasteiger partial charge in [-0.2, -0.15) is 0 Å². The zero-order valence-corrected chi connectivity index (χ0v) is 20.6. The van der Waals surface area contributed by atoms with Gasteiger partial charge < -0.3 is 21.3 Å². The van der Waals surface area contributed by atoms with E-state index in [1.807, 2.05) is 12.2 Å². The number of ether oxygens (including phenoxy) is 1. The number of hydrogen-bond acceptors (Lipinski definition) is 7. The quantitative estimate of drug-likeness (QED) is 0.411. The summed E-state index contributed by atoms with van der Waals surface area (Å²) in [7, 11) is 0. The molecule has 1 aliphatic carbocycles. The number of allylic oxidation sites excluding steroid dienone is 2. The highest BCUT2D eigenvalue weighted by Gasteiger charge is 2.36. The Hall–Kier alpha value is -3.81. The number of carbonyl (C=O) groups is 3. The molecule has 4 rings (SSSR count). The van der Waals surface area contributed by atoms with Gasteiger partial charge in [-0.05, 0) is 18.2 Å². The summed E-state index contributed by atoms with van der Waals surface area (Å²) in [6, 6.07) is 11.7. The molecule has 0 aromatic heterocycles. The number of primary amides is 1. The molecule has 3 atom stereocenters. The first-order chi connectivity index (χ1) is 18.0. The third-order valence-corrected chi connectivity index (χ3v) is 6.75. The molecule has 1 aliphatic heterocycles. The maximum absolute atomic E-state index is 12.8. The minimum atomic E-state index is -5.04. The molecule has 3 unspecified atom stereocenters. The lowest BCUT2D eigenvalue weighted by atomic mass is 10.1. The fourth-order valence-electron chi connectivity index (χ4n) is 3.70. The Morgan fingerprint density at radius 3 is 2.32 bits per heavy atom. The zero-order valence-electron chi connectivity index (χ0n) is 19.8. The van der Waals surface area contributed by atoms with Crippen molar-refractivity contribution in [2.75, 3.05) is 11.4 Å². The number of carboxylic acid groups (broad SMARTS) is 1. The van der Waals surface area contributed by atoms with Crippen molar-refractivity contribution in [1.82, 2.24) is 5.32 Å². The van der Waals surface area contributed by atoms with Crippen molar-refractivity contribution in [1.29, 1.82) is 0 Å². The molecule has 1 heterocycles. The molecule has 0 bridgehead atoms. The van der Waals surface area contributed by atoms with E-state index in [4.69, 9.17) is 16.6 Å². The molecule has 2 aliphatic rings. The average Bonchev–Trinajstić information content (AvgIpc) is 3.32. The highest BCUT2D eigenvalue weighted by molar-refractivity contribution is 8.01. The molecule has 2 aromatic carbocycles. The van der Waals surface area contributed by atoms with E-state index in [-0.39, 0.29) is 40.7 Å². The number of fused-ring (bicyclic) bond motifs is 1. The van der Waals surface area contributed by atoms with Crippen molar-refractivity contribution < 1.29 is 37.4 Å². The molecule has 0 spiro atoms. The van der Waals surface area contributed by atoms with Gasteiger partial charge in [-0.25, -0.2) is 0 Å². The summed E-state index contributed by atoms with van der Waals surface area (Å²) in [4.78, 5) is 35.4. The minimum absolute atomic E-state index is 0.0175. The van der Waals surface area contributed by atoms with E-state index in [0.29, 0.717) is 10.1 Å². The molecule has 2 amide bonds. The van der Waals surface area contributed by atoms with Crippen molar-refractivity contribution >= 4 is 35.2 Å². The van der Waals surface area contributed by atoms with Crippen LogP contribution < -0.4 is 26.4 Å². The fraction of sp³-hybridized carbons (Fsp3) is 0.240. The van der Waals surface area contributed by atoms with Gasteiger partial charge in [-0.3, -0.25) is 24.6 Å². The van der Waals surface area contributed by atoms with Crippen LogP contribution >= 0.6 is 11.8 Å². The Bertz CT molecular complexity index is 1200. The molecule has 202 valence electrons. The predicted molar refractivity (Wildman–Crippen MR) is 136 cm³/mol. The van der Waals surface area contributed by atoms with Crippen molar-refractivity contribution in [2.24, 2.45) is 11.5 Å². The number of benzene rings is 2. The third-order valence-electron chi connectivity index (χ3n) is 5.34. The lowest BCUT2D eigenvalue weighted by Crippen LogP contribution is -2.38. The van der Waals surface area contributed by atoms with Gasteiger partial charge in [0.2, 0.25) is 5.91 Å². The summed E-state index contributed by atoms with van der Waals surface area (Å²) >= 11 is 1.58. The number of anilines is 1. The Morgan fingerprint density at radius 1 is 1.05 bits per heavy atom. The van der Waals surface area contributed by atoms with Crippen LogP contribution in [0.3, 0.4) is 0 Å². The second kappa shape index (κ2) is 12.6. The Morgan fingerprint density at radius 2 is 1.74 bits per heavy atom. The number of nitrogens with zero attached hydrogens (tertiary/aromatic N) is 1. The normalized spacial score (nSPS) is 19.6. The number of para-hydroxylation sites is 1. The topological polar surface area (TPSA) is 148 Å². The van der Waals surface area contributed by atoms with Crippen LogP contribution in [0.1, 0.15) is 15.9 Å². The number of carboxylic acids is 1. The monoisotopic (exact) mass is 550 g/mol. The molecule has 9 nitrogen and oxygen atoms in total. The van der Waals surface area contributed by atoms with Gasteiger partial charge in [0.1, 0.15) is 11.9 Å². The van der Waals surface area contributed by atoms with Crippen molar-refractivity contribution in [3.63, 3.8) is 0 Å². The molecule has 13 heteroatoms. The van der Waals surface area contributed by atoms with Crippen LogP contribution in [0.15, 0.2) is 72.8 Å². The van der Waals surface area contributed by atoms with Crippen molar-refractivity contribution in [2.45, 2.75) is 29.6 Å². The van der Waals surface area contributed by atoms with Crippen molar-refractivity contribution in [3.8, 4) is 5.75 Å². The summed E-state index contributed by atoms with van der Waals surface area (Å²) in [6.45, 7) is -1.14. The van der Waals surface area contributed by atoms with Crippen molar-refractivity contribution in [3.05, 3.63) is 84.0 Å². The smallest absolute Gasteiger partial charge is 0.480 e. The largest absolute Gasteiger partial charge is 0.573 e. The first kappa shape index (κ1) is 28.8. The predicted octanol–water partition coefficient (Wildman–Crippen LogP) is 2.77. The van der Waals surface area contributed by atoms with Gasteiger partial charge in [0, 0.05) is 29.0 Å². The second-order valence-corrected chi connectivity index (χ2v) is 9.30. The van der Waals surface area contributed by atoms with Crippen LogP contribution in [-0.4, -0.2) is 52.5 Å². The summed E-state index contributed by atoms with van der Waals surface area (Å²) in [5, 5.41) is 12.4. The zero-order chi connectivity index (χ0) is 27.9. The highest BCUT2D eigenvalue weighted by atomic mass is 32.2. The standard InChI is InChI=1S/C17H15F3N2O4.C8H10N2OS/c18-17(19,20)26-15-12(9-21)7-4-8-13(15)22(10-14(23)24)16(25)11-5-2-1-3-6-11;9-7(11)8-10-5-3-1-2-4-6(5)12-8/h1-8H,9-10,21H2,(H,23,24);1-6,8,10H,(H2,9,11). The van der Waals surface area contributed by atoms with Gasteiger partial charge in [0.15, 0.2) is 5.75 Å². The Balaban J connectivity index is 0.000000275. The number of rotatable bonds is 7. The van der Waals surface area contributed by atoms with Crippen LogP contribution in [0.4, 0.5) is 18.9 Å². The van der Waals surface area contributed by atoms with E-state index in [2.05, 4.69) is 22.2 Å². The Kier molecular flexibility index (Phi) is 9.55. The number of halogens is 3. The molecule has 38 heavy (non-hydrogen) atoms. The highest BCUT2D eigenvalue weighted by Crippen LogP contribution is 2.37. The minimum Gasteiger partial charge on any atom is -0.480 e. The molecular formula is C25H25F3N4O5S. The van der Waals surface area contributed by atoms with Gasteiger partial charge in [-0.1, -0.05) is 54.6 Å². The van der Waals surface area contributed by atoms with E-state index in [1.165, 1.54) is 30.3 Å². The van der Waals surface area contributed by atoms with Gasteiger partial charge in [-0.15, -0.1) is 24.9 Å². The average molecular weight is 551 g/mol. The van der Waals surface area contributed by atoms with Crippen LogP contribution in [0.25, 0.3) is 0 Å². The van der Waals surface area contributed by atoms with E-state index in [0.717, 1.165) is 0 Å². The summed E-state index contributed by atoms with van der Waals surface area (Å²) in [5.41, 5.74) is 10.4. The maximum atomic E-state index is 12.8. The number of nitrogens with one attached hydrogen (secondary N) is 1. The number of alkyl halides is 3. The van der Waals surface area contributed by atoms with Crippen LogP contribution in [-0.2, 0) is 16.1 Å². The maximum Gasteiger partial charge on any atom is 0.573 e.